The molecular weight excluding hydrogens is 638 g/mol. The summed E-state index contributed by atoms with van der Waals surface area (Å²) in [7, 11) is 2.99. The van der Waals surface area contributed by atoms with E-state index >= 15 is 0 Å². The molecule has 0 spiro atoms. The molecule has 13 heteroatoms. The SMILES string of the molecule is COC(=O)CCCC(Cc1ccc(OC)cc1)Nc1ncnc(Nc2ccc(OC3CCN(C(=O)OC(C)(C)C)CC3)c(Cl)c2)c1C=O. The number of carbonyl (C=O) groups excluding carboxylic acids is 3. The second-order valence-electron chi connectivity index (χ2n) is 12.5. The van der Waals surface area contributed by atoms with Gasteiger partial charge in [0.25, 0.3) is 0 Å². The topological polar surface area (TPSA) is 141 Å². The second kappa shape index (κ2) is 17.0. The minimum Gasteiger partial charge on any atom is -0.497 e. The van der Waals surface area contributed by atoms with Crippen LogP contribution < -0.4 is 20.1 Å². The van der Waals surface area contributed by atoms with Gasteiger partial charge in [0.15, 0.2) is 6.29 Å². The molecule has 2 heterocycles. The highest BCUT2D eigenvalue weighted by Crippen LogP contribution is 2.32. The van der Waals surface area contributed by atoms with Crippen LogP contribution in [0.1, 0.15) is 68.8 Å². The zero-order chi connectivity index (χ0) is 34.7. The highest BCUT2D eigenvalue weighted by molar-refractivity contribution is 6.32. The zero-order valence-electron chi connectivity index (χ0n) is 28.1. The van der Waals surface area contributed by atoms with E-state index in [4.69, 9.17) is 30.5 Å². The summed E-state index contributed by atoms with van der Waals surface area (Å²) in [6.45, 7) is 6.60. The lowest BCUT2D eigenvalue weighted by Crippen LogP contribution is -2.44. The normalized spacial score (nSPS) is 14.1. The first kappa shape index (κ1) is 36.3. The summed E-state index contributed by atoms with van der Waals surface area (Å²) >= 11 is 6.61. The van der Waals surface area contributed by atoms with Gasteiger partial charge in [-0.1, -0.05) is 23.7 Å². The fourth-order valence-electron chi connectivity index (χ4n) is 5.25. The van der Waals surface area contributed by atoms with Crippen molar-refractivity contribution < 1.29 is 33.3 Å². The molecule has 0 bridgehead atoms. The number of nitrogens with zero attached hydrogens (tertiary/aromatic N) is 3. The quantitative estimate of drug-likeness (QED) is 0.136. The Labute approximate surface area is 286 Å². The Kier molecular flexibility index (Phi) is 12.8. The molecule has 1 unspecified atom stereocenters. The number of halogens is 1. The van der Waals surface area contributed by atoms with E-state index in [0.717, 1.165) is 11.3 Å². The maximum atomic E-state index is 12.4. The summed E-state index contributed by atoms with van der Waals surface area (Å²) in [4.78, 5) is 46.9. The number of esters is 1. The predicted molar refractivity (Wildman–Crippen MR) is 184 cm³/mol. The number of hydrogen-bond acceptors (Lipinski definition) is 11. The number of likely N-dealkylation sites (tertiary alicyclic amines) is 1. The number of carbonyl (C=O) groups is 3. The predicted octanol–water partition coefficient (Wildman–Crippen LogP) is 6.84. The molecule has 4 rings (SSSR count). The van der Waals surface area contributed by atoms with Crippen molar-refractivity contribution in [3.05, 3.63) is 64.9 Å². The molecular formula is C35H44ClN5O7. The second-order valence-corrected chi connectivity index (χ2v) is 12.9. The van der Waals surface area contributed by atoms with Gasteiger partial charge in [0, 0.05) is 44.1 Å². The van der Waals surface area contributed by atoms with Crippen LogP contribution in [0.15, 0.2) is 48.8 Å². The monoisotopic (exact) mass is 681 g/mol. The van der Waals surface area contributed by atoms with Gasteiger partial charge in [0.2, 0.25) is 0 Å². The lowest BCUT2D eigenvalue weighted by molar-refractivity contribution is -0.140. The Bertz CT molecular complexity index is 1540. The Morgan fingerprint density at radius 2 is 1.77 bits per heavy atom. The van der Waals surface area contributed by atoms with Crippen molar-refractivity contribution in [2.45, 2.75) is 77.0 Å². The van der Waals surface area contributed by atoms with Crippen molar-refractivity contribution in [1.82, 2.24) is 14.9 Å². The third-order valence-electron chi connectivity index (χ3n) is 7.73. The summed E-state index contributed by atoms with van der Waals surface area (Å²) < 4.78 is 21.7. The summed E-state index contributed by atoms with van der Waals surface area (Å²) in [5.74, 6) is 1.66. The number of aromatic nitrogens is 2. The molecule has 1 saturated heterocycles. The van der Waals surface area contributed by atoms with Gasteiger partial charge in [-0.2, -0.15) is 0 Å². The lowest BCUT2D eigenvalue weighted by Gasteiger charge is -2.33. The molecule has 1 aliphatic rings. The number of methoxy groups -OCH3 is 2. The summed E-state index contributed by atoms with van der Waals surface area (Å²) in [5.41, 5.74) is 1.36. The fraction of sp³-hybridized carbons (Fsp3) is 0.457. The number of nitrogens with one attached hydrogen (secondary N) is 2. The van der Waals surface area contributed by atoms with Gasteiger partial charge in [-0.15, -0.1) is 0 Å². The highest BCUT2D eigenvalue weighted by Gasteiger charge is 2.28. The van der Waals surface area contributed by atoms with Gasteiger partial charge in [0.05, 0.1) is 24.8 Å². The van der Waals surface area contributed by atoms with Crippen molar-refractivity contribution in [3.63, 3.8) is 0 Å². The number of aldehydes is 1. The summed E-state index contributed by atoms with van der Waals surface area (Å²) in [6.07, 6.45) is 5.06. The molecule has 48 heavy (non-hydrogen) atoms. The smallest absolute Gasteiger partial charge is 0.410 e. The first-order valence-corrected chi connectivity index (χ1v) is 16.3. The van der Waals surface area contributed by atoms with Crippen LogP contribution in [0, 0.1) is 0 Å². The molecule has 258 valence electrons. The molecule has 1 atom stereocenters. The van der Waals surface area contributed by atoms with Crippen LogP contribution in [0.3, 0.4) is 0 Å². The van der Waals surface area contributed by atoms with E-state index in [1.165, 1.54) is 13.4 Å². The third-order valence-corrected chi connectivity index (χ3v) is 8.02. The van der Waals surface area contributed by atoms with E-state index in [1.807, 2.05) is 45.0 Å². The van der Waals surface area contributed by atoms with E-state index in [2.05, 4.69) is 20.6 Å². The van der Waals surface area contributed by atoms with Crippen molar-refractivity contribution in [2.75, 3.05) is 37.9 Å². The highest BCUT2D eigenvalue weighted by atomic mass is 35.5. The molecule has 3 aromatic rings. The van der Waals surface area contributed by atoms with Crippen molar-refractivity contribution in [1.29, 1.82) is 0 Å². The van der Waals surface area contributed by atoms with Gasteiger partial charge in [-0.25, -0.2) is 14.8 Å². The number of ether oxygens (including phenoxy) is 4. The van der Waals surface area contributed by atoms with E-state index in [9.17, 15) is 14.4 Å². The van der Waals surface area contributed by atoms with E-state index in [1.54, 1.807) is 30.2 Å². The van der Waals surface area contributed by atoms with Crippen LogP contribution in [0.5, 0.6) is 11.5 Å². The zero-order valence-corrected chi connectivity index (χ0v) is 28.8. The molecule has 1 amide bonds. The van der Waals surface area contributed by atoms with Crippen LogP contribution in [-0.4, -0.2) is 78.3 Å². The largest absolute Gasteiger partial charge is 0.497 e. The van der Waals surface area contributed by atoms with Crippen molar-refractivity contribution in [2.24, 2.45) is 0 Å². The number of benzene rings is 2. The first-order chi connectivity index (χ1) is 23.0. The minimum atomic E-state index is -0.545. The van der Waals surface area contributed by atoms with Gasteiger partial charge in [-0.3, -0.25) is 9.59 Å². The molecule has 2 N–H and O–H groups in total. The van der Waals surface area contributed by atoms with Gasteiger partial charge in [0.1, 0.15) is 41.2 Å². The Balaban J connectivity index is 1.42. The van der Waals surface area contributed by atoms with Gasteiger partial charge in [-0.05, 0) is 75.9 Å². The average molecular weight is 682 g/mol. The Morgan fingerprint density at radius 1 is 1.06 bits per heavy atom. The first-order valence-electron chi connectivity index (χ1n) is 16.0. The van der Waals surface area contributed by atoms with Crippen LogP contribution in [0.4, 0.5) is 22.1 Å². The molecule has 0 radical (unpaired) electrons. The number of anilines is 3. The minimum absolute atomic E-state index is 0.101. The van der Waals surface area contributed by atoms with Crippen LogP contribution in [0.2, 0.25) is 5.02 Å². The maximum Gasteiger partial charge on any atom is 0.410 e. The summed E-state index contributed by atoms with van der Waals surface area (Å²) in [6, 6.07) is 12.8. The molecule has 0 aliphatic carbocycles. The fourth-order valence-corrected chi connectivity index (χ4v) is 5.48. The molecule has 1 aliphatic heterocycles. The average Bonchev–Trinajstić information content (AvgIpc) is 3.06. The standard InChI is InChI=1S/C35H44ClN5O7/c1-35(2,3)48-34(44)41-17-15-27(16-18-41)47-30-14-11-25(20-29(30)36)40-33-28(21-42)32(37-22-38-33)39-24(7-6-8-31(43)46-5)19-23-9-12-26(45-4)13-10-23/h9-14,20-22,24,27H,6-8,15-19H2,1-5H3,(H2,37,38,39,40). The Hall–Kier alpha value is -4.58. The van der Waals surface area contributed by atoms with Crippen molar-refractivity contribution >= 4 is 47.3 Å². The molecule has 1 fully saturated rings. The molecule has 0 saturated carbocycles. The van der Waals surface area contributed by atoms with Gasteiger partial charge >= 0.3 is 12.1 Å². The third kappa shape index (κ3) is 10.7. The van der Waals surface area contributed by atoms with Crippen molar-refractivity contribution in [3.8, 4) is 11.5 Å². The lowest BCUT2D eigenvalue weighted by atomic mass is 10.0. The molecule has 1 aromatic heterocycles. The van der Waals surface area contributed by atoms with E-state index in [-0.39, 0.29) is 36.2 Å². The molecule has 2 aromatic carbocycles. The number of hydrogen-bond donors (Lipinski definition) is 2. The number of piperidine rings is 1. The van der Waals surface area contributed by atoms with E-state index < -0.39 is 5.60 Å². The van der Waals surface area contributed by atoms with Crippen LogP contribution >= 0.6 is 11.6 Å². The van der Waals surface area contributed by atoms with E-state index in [0.29, 0.717) is 79.6 Å². The number of amides is 1. The van der Waals surface area contributed by atoms with Crippen LogP contribution in [0.25, 0.3) is 0 Å². The van der Waals surface area contributed by atoms with Gasteiger partial charge < -0.3 is 34.5 Å². The van der Waals surface area contributed by atoms with Crippen LogP contribution in [-0.2, 0) is 20.7 Å². The molecule has 12 nitrogen and oxygen atoms in total. The number of rotatable bonds is 14. The Morgan fingerprint density at radius 3 is 2.40 bits per heavy atom. The summed E-state index contributed by atoms with van der Waals surface area (Å²) in [5, 5.41) is 6.96. The maximum absolute atomic E-state index is 12.4.